The monoisotopic (exact) mass is 303 g/mol. The van der Waals surface area contributed by atoms with Gasteiger partial charge < -0.3 is 15.4 Å². The molecule has 8 heteroatoms. The highest BCUT2D eigenvalue weighted by Gasteiger charge is 2.23. The maximum atomic E-state index is 13.3. The molecular formula is C12H18FN3O3S. The van der Waals surface area contributed by atoms with Gasteiger partial charge in [-0.3, -0.25) is 0 Å². The zero-order chi connectivity index (χ0) is 14.8. The van der Waals surface area contributed by atoms with E-state index in [9.17, 15) is 12.8 Å². The second-order valence-corrected chi connectivity index (χ2v) is 6.49. The molecule has 112 valence electrons. The summed E-state index contributed by atoms with van der Waals surface area (Å²) in [5.41, 5.74) is 5.09. The molecule has 6 nitrogen and oxygen atoms in total. The summed E-state index contributed by atoms with van der Waals surface area (Å²) in [6, 6.07) is 3.70. The van der Waals surface area contributed by atoms with Crippen LogP contribution in [0.25, 0.3) is 0 Å². The Kier molecular flexibility index (Phi) is 4.59. The fourth-order valence-electron chi connectivity index (χ4n) is 2.02. The van der Waals surface area contributed by atoms with Gasteiger partial charge in [-0.25, -0.2) is 17.5 Å². The van der Waals surface area contributed by atoms with Crippen LogP contribution in [0.4, 0.5) is 10.1 Å². The predicted molar refractivity (Wildman–Crippen MR) is 73.2 cm³/mol. The van der Waals surface area contributed by atoms with Crippen molar-refractivity contribution in [1.29, 1.82) is 0 Å². The van der Waals surface area contributed by atoms with Crippen LogP contribution in [-0.2, 0) is 14.8 Å². The van der Waals surface area contributed by atoms with E-state index in [2.05, 4.69) is 9.62 Å². The minimum atomic E-state index is -3.84. The van der Waals surface area contributed by atoms with Crippen molar-refractivity contribution in [3.63, 3.8) is 0 Å². The minimum absolute atomic E-state index is 0.128. The number of anilines is 1. The summed E-state index contributed by atoms with van der Waals surface area (Å²) in [4.78, 5) is 1.81. The van der Waals surface area contributed by atoms with Gasteiger partial charge in [0.05, 0.1) is 18.4 Å². The number of nitrogens with two attached hydrogens (primary N) is 1. The molecule has 1 aliphatic rings. The van der Waals surface area contributed by atoms with Crippen LogP contribution in [-0.4, -0.2) is 52.7 Å². The second-order valence-electron chi connectivity index (χ2n) is 4.76. The van der Waals surface area contributed by atoms with Crippen molar-refractivity contribution in [1.82, 2.24) is 9.62 Å². The van der Waals surface area contributed by atoms with Crippen LogP contribution in [0.2, 0.25) is 0 Å². The molecule has 0 bridgehead atoms. The summed E-state index contributed by atoms with van der Waals surface area (Å²) in [5, 5.41) is 0. The van der Waals surface area contributed by atoms with E-state index in [1.54, 1.807) is 0 Å². The van der Waals surface area contributed by atoms with Gasteiger partial charge in [0.15, 0.2) is 0 Å². The number of nitrogen functional groups attached to an aromatic ring is 1. The minimum Gasteiger partial charge on any atom is -0.395 e. The lowest BCUT2D eigenvalue weighted by molar-refractivity contribution is -0.0156. The van der Waals surface area contributed by atoms with Crippen LogP contribution in [0.15, 0.2) is 23.1 Å². The number of nitrogens with zero attached hydrogens (tertiary/aromatic N) is 1. The van der Waals surface area contributed by atoms with Crippen molar-refractivity contribution in [2.24, 2.45) is 0 Å². The Morgan fingerprint density at radius 2 is 2.30 bits per heavy atom. The molecule has 1 unspecified atom stereocenters. The summed E-state index contributed by atoms with van der Waals surface area (Å²) < 4.78 is 45.4. The fourth-order valence-corrected chi connectivity index (χ4v) is 3.23. The van der Waals surface area contributed by atoms with E-state index in [1.165, 1.54) is 12.1 Å². The normalized spacial score (nSPS) is 21.0. The van der Waals surface area contributed by atoms with E-state index in [4.69, 9.17) is 10.5 Å². The number of morpholine rings is 1. The molecule has 1 fully saturated rings. The van der Waals surface area contributed by atoms with Crippen molar-refractivity contribution in [3.8, 4) is 0 Å². The SMILES string of the molecule is CN1CCOC(CNS(=O)(=O)c2cccc(F)c2N)C1. The van der Waals surface area contributed by atoms with Gasteiger partial charge in [-0.05, 0) is 19.2 Å². The topological polar surface area (TPSA) is 84.7 Å². The molecule has 1 aromatic rings. The summed E-state index contributed by atoms with van der Waals surface area (Å²) in [7, 11) is -1.90. The molecule has 0 aromatic heterocycles. The highest BCUT2D eigenvalue weighted by Crippen LogP contribution is 2.20. The Morgan fingerprint density at radius 1 is 1.55 bits per heavy atom. The summed E-state index contributed by atoms with van der Waals surface area (Å²) >= 11 is 0. The van der Waals surface area contributed by atoms with Crippen molar-refractivity contribution in [2.75, 3.05) is 39.0 Å². The molecule has 20 heavy (non-hydrogen) atoms. The van der Waals surface area contributed by atoms with Crippen LogP contribution in [0.3, 0.4) is 0 Å². The molecule has 1 aromatic carbocycles. The third-order valence-electron chi connectivity index (χ3n) is 3.15. The number of nitrogens with one attached hydrogen (secondary N) is 1. The van der Waals surface area contributed by atoms with Crippen molar-refractivity contribution >= 4 is 15.7 Å². The Balaban J connectivity index is 2.06. The Bertz CT molecular complexity index is 579. The number of hydrogen-bond donors (Lipinski definition) is 2. The molecule has 2 rings (SSSR count). The smallest absolute Gasteiger partial charge is 0.242 e. The number of likely N-dealkylation sites (N-methyl/N-ethyl adjacent to an activating group) is 1. The third-order valence-corrected chi connectivity index (χ3v) is 4.63. The number of hydrogen-bond acceptors (Lipinski definition) is 5. The highest BCUT2D eigenvalue weighted by molar-refractivity contribution is 7.89. The first-order valence-electron chi connectivity index (χ1n) is 6.24. The maximum Gasteiger partial charge on any atom is 0.242 e. The van der Waals surface area contributed by atoms with E-state index >= 15 is 0 Å². The molecular weight excluding hydrogens is 285 g/mol. The lowest BCUT2D eigenvalue weighted by Crippen LogP contribution is -2.45. The third kappa shape index (κ3) is 3.45. The van der Waals surface area contributed by atoms with E-state index in [0.29, 0.717) is 13.2 Å². The summed E-state index contributed by atoms with van der Waals surface area (Å²) in [5.74, 6) is -0.749. The van der Waals surface area contributed by atoms with Crippen molar-refractivity contribution in [2.45, 2.75) is 11.0 Å². The molecule has 1 saturated heterocycles. The Morgan fingerprint density at radius 3 is 3.00 bits per heavy atom. The Labute approximate surface area is 117 Å². The van der Waals surface area contributed by atoms with Gasteiger partial charge in [-0.15, -0.1) is 0 Å². The lowest BCUT2D eigenvalue weighted by atomic mass is 10.3. The van der Waals surface area contributed by atoms with Gasteiger partial charge >= 0.3 is 0 Å². The molecule has 1 atom stereocenters. The van der Waals surface area contributed by atoms with E-state index < -0.39 is 15.8 Å². The quantitative estimate of drug-likeness (QED) is 0.766. The summed E-state index contributed by atoms with van der Waals surface area (Å²) in [6.45, 7) is 2.15. The molecule has 0 saturated carbocycles. The van der Waals surface area contributed by atoms with Gasteiger partial charge in [-0.2, -0.15) is 0 Å². The van der Waals surface area contributed by atoms with E-state index in [1.807, 2.05) is 7.05 Å². The number of ether oxygens (including phenoxy) is 1. The summed E-state index contributed by atoms with van der Waals surface area (Å²) in [6.07, 6.45) is -0.224. The van der Waals surface area contributed by atoms with Gasteiger partial charge in [0, 0.05) is 19.6 Å². The highest BCUT2D eigenvalue weighted by atomic mass is 32.2. The predicted octanol–water partition coefficient (Wildman–Crippen LogP) is 0.0168. The van der Waals surface area contributed by atoms with Crippen molar-refractivity contribution < 1.29 is 17.5 Å². The molecule has 3 N–H and O–H groups in total. The fraction of sp³-hybridized carbons (Fsp3) is 0.500. The van der Waals surface area contributed by atoms with Crippen LogP contribution in [0.5, 0.6) is 0 Å². The number of para-hydroxylation sites is 1. The number of rotatable bonds is 4. The Hall–Kier alpha value is -1.22. The standard InChI is InChI=1S/C12H18FN3O3S/c1-16-5-6-19-9(8-16)7-15-20(17,18)11-4-2-3-10(13)12(11)14/h2-4,9,15H,5-8,14H2,1H3. The second kappa shape index (κ2) is 6.04. The van der Waals surface area contributed by atoms with Gasteiger partial charge in [-0.1, -0.05) is 6.07 Å². The van der Waals surface area contributed by atoms with Crippen LogP contribution < -0.4 is 10.5 Å². The lowest BCUT2D eigenvalue weighted by Gasteiger charge is -2.30. The molecule has 0 amide bonds. The van der Waals surface area contributed by atoms with Gasteiger partial charge in [0.25, 0.3) is 0 Å². The van der Waals surface area contributed by atoms with Crippen LogP contribution in [0, 0.1) is 5.82 Å². The van der Waals surface area contributed by atoms with E-state index in [-0.39, 0.29) is 23.2 Å². The van der Waals surface area contributed by atoms with E-state index in [0.717, 1.165) is 12.6 Å². The molecule has 0 spiro atoms. The maximum absolute atomic E-state index is 13.3. The molecule has 1 aliphatic heterocycles. The average molecular weight is 303 g/mol. The van der Waals surface area contributed by atoms with Gasteiger partial charge in [0.2, 0.25) is 10.0 Å². The average Bonchev–Trinajstić information content (AvgIpc) is 2.40. The van der Waals surface area contributed by atoms with Crippen molar-refractivity contribution in [3.05, 3.63) is 24.0 Å². The molecule has 0 radical (unpaired) electrons. The zero-order valence-corrected chi connectivity index (χ0v) is 12.0. The zero-order valence-electron chi connectivity index (χ0n) is 11.2. The number of sulfonamides is 1. The van der Waals surface area contributed by atoms with Gasteiger partial charge in [0.1, 0.15) is 10.7 Å². The first-order valence-corrected chi connectivity index (χ1v) is 7.72. The number of halogens is 1. The largest absolute Gasteiger partial charge is 0.395 e. The number of benzene rings is 1. The first kappa shape index (κ1) is 15.2. The van der Waals surface area contributed by atoms with Crippen LogP contribution >= 0.6 is 0 Å². The first-order chi connectivity index (χ1) is 9.40. The van der Waals surface area contributed by atoms with Crippen LogP contribution in [0.1, 0.15) is 0 Å². The molecule has 0 aliphatic carbocycles. The molecule has 1 heterocycles.